The van der Waals surface area contributed by atoms with Crippen LogP contribution in [0.15, 0.2) is 35.2 Å². The van der Waals surface area contributed by atoms with Gasteiger partial charge in [0.2, 0.25) is 0 Å². The minimum absolute atomic E-state index is 0.180. The zero-order valence-electron chi connectivity index (χ0n) is 14.6. The molecule has 3 nitrogen and oxygen atoms in total. The molecule has 124 valence electrons. The first-order valence-corrected chi connectivity index (χ1v) is 8.82. The highest BCUT2D eigenvalue weighted by Gasteiger charge is 2.18. The minimum atomic E-state index is 0.180. The number of benzene rings is 1. The van der Waals surface area contributed by atoms with Gasteiger partial charge in [0.1, 0.15) is 0 Å². The number of carbonyl (C=O) groups excluding carboxylic acids is 1. The van der Waals surface area contributed by atoms with Gasteiger partial charge in [-0.25, -0.2) is 0 Å². The third kappa shape index (κ3) is 4.27. The number of nitrogens with zero attached hydrogens (tertiary/aromatic N) is 1. The van der Waals surface area contributed by atoms with Crippen LogP contribution in [0.2, 0.25) is 0 Å². The first kappa shape index (κ1) is 17.8. The second-order valence-electron chi connectivity index (χ2n) is 5.98. The fourth-order valence-electron chi connectivity index (χ4n) is 2.91. The number of hydrogen-bond donors (Lipinski definition) is 0. The number of hydrogen-bond acceptors (Lipinski definition) is 3. The first-order valence-electron chi connectivity index (χ1n) is 7.84. The van der Waals surface area contributed by atoms with Crippen molar-refractivity contribution in [2.75, 3.05) is 19.5 Å². The summed E-state index contributed by atoms with van der Waals surface area (Å²) in [6.45, 7) is 8.88. The Bertz CT molecular complexity index is 673. The predicted octanol–water partition coefficient (Wildman–Crippen LogP) is 4.60. The number of rotatable bonds is 7. The zero-order chi connectivity index (χ0) is 17.0. The number of aromatic nitrogens is 1. The summed E-state index contributed by atoms with van der Waals surface area (Å²) in [7, 11) is 1.70. The van der Waals surface area contributed by atoms with Crippen molar-refractivity contribution in [1.82, 2.24) is 4.57 Å². The highest BCUT2D eigenvalue weighted by molar-refractivity contribution is 8.00. The molecule has 4 heteroatoms. The summed E-state index contributed by atoms with van der Waals surface area (Å²) in [5.41, 5.74) is 4.19. The molecule has 0 fully saturated rings. The highest BCUT2D eigenvalue weighted by atomic mass is 32.2. The molecule has 1 atom stereocenters. The number of carbonyl (C=O) groups is 1. The van der Waals surface area contributed by atoms with E-state index in [-0.39, 0.29) is 11.8 Å². The molecular formula is C19H25NO2S. The van der Waals surface area contributed by atoms with Gasteiger partial charge in [-0.05, 0) is 45.9 Å². The summed E-state index contributed by atoms with van der Waals surface area (Å²) < 4.78 is 7.43. The number of aryl methyl sites for hydroxylation is 2. The Morgan fingerprint density at radius 2 is 1.87 bits per heavy atom. The summed E-state index contributed by atoms with van der Waals surface area (Å²) >= 11 is 1.59. The molecule has 0 aliphatic carbocycles. The van der Waals surface area contributed by atoms with Gasteiger partial charge in [-0.1, -0.05) is 17.7 Å². The maximum Gasteiger partial charge on any atom is 0.174 e. The summed E-state index contributed by atoms with van der Waals surface area (Å²) in [5.74, 6) is 0.644. The van der Waals surface area contributed by atoms with E-state index in [9.17, 15) is 4.79 Å². The number of Topliss-reactive ketones (excluding diaryl/α,β-unsaturated/α-hetero) is 1. The molecule has 0 radical (unpaired) electrons. The fourth-order valence-corrected chi connectivity index (χ4v) is 3.70. The zero-order valence-corrected chi connectivity index (χ0v) is 15.4. The minimum Gasteiger partial charge on any atom is -0.383 e. The van der Waals surface area contributed by atoms with Gasteiger partial charge in [0.05, 0.1) is 18.4 Å². The van der Waals surface area contributed by atoms with E-state index >= 15 is 0 Å². The molecule has 1 aromatic carbocycles. The van der Waals surface area contributed by atoms with Crippen molar-refractivity contribution in [1.29, 1.82) is 0 Å². The lowest BCUT2D eigenvalue weighted by Gasteiger charge is -2.17. The normalized spacial score (nSPS) is 12.4. The largest absolute Gasteiger partial charge is 0.383 e. The van der Waals surface area contributed by atoms with Crippen molar-refractivity contribution in [2.45, 2.75) is 38.6 Å². The Morgan fingerprint density at radius 1 is 1.22 bits per heavy atom. The van der Waals surface area contributed by atoms with Crippen LogP contribution in [0.5, 0.6) is 0 Å². The first-order chi connectivity index (χ1) is 10.9. The van der Waals surface area contributed by atoms with Crippen LogP contribution in [0.3, 0.4) is 0 Å². The number of ketones is 1. The van der Waals surface area contributed by atoms with Crippen molar-refractivity contribution in [3.63, 3.8) is 0 Å². The van der Waals surface area contributed by atoms with Crippen molar-refractivity contribution >= 4 is 17.5 Å². The van der Waals surface area contributed by atoms with Crippen LogP contribution >= 0.6 is 11.8 Å². The summed E-state index contributed by atoms with van der Waals surface area (Å²) in [5, 5.41) is 0. The Morgan fingerprint density at radius 3 is 2.48 bits per heavy atom. The lowest BCUT2D eigenvalue weighted by Crippen LogP contribution is -2.14. The Kier molecular flexibility index (Phi) is 6.08. The molecule has 1 aromatic heterocycles. The molecule has 2 rings (SSSR count). The molecule has 0 spiro atoms. The molecular weight excluding hydrogens is 306 g/mol. The molecule has 23 heavy (non-hydrogen) atoms. The van der Waals surface area contributed by atoms with E-state index in [1.54, 1.807) is 18.9 Å². The van der Waals surface area contributed by atoms with Crippen LogP contribution in [-0.4, -0.2) is 29.8 Å². The molecule has 2 aromatic rings. The third-order valence-corrected chi connectivity index (χ3v) is 5.04. The van der Waals surface area contributed by atoms with E-state index in [2.05, 4.69) is 42.7 Å². The van der Waals surface area contributed by atoms with Gasteiger partial charge in [-0.3, -0.25) is 4.79 Å². The predicted molar refractivity (Wildman–Crippen MR) is 96.7 cm³/mol. The van der Waals surface area contributed by atoms with Crippen LogP contribution in [0.1, 0.15) is 40.3 Å². The van der Waals surface area contributed by atoms with Gasteiger partial charge < -0.3 is 9.30 Å². The maximum absolute atomic E-state index is 12.6. The molecule has 0 aliphatic heterocycles. The average Bonchev–Trinajstić information content (AvgIpc) is 2.81. The highest BCUT2D eigenvalue weighted by Crippen LogP contribution is 2.24. The van der Waals surface area contributed by atoms with Gasteiger partial charge >= 0.3 is 0 Å². The lowest BCUT2D eigenvalue weighted by atomic mass is 10.2. The fraction of sp³-hybridized carbons (Fsp3) is 0.421. The quantitative estimate of drug-likeness (QED) is 0.549. The van der Waals surface area contributed by atoms with Gasteiger partial charge in [-0.2, -0.15) is 0 Å². The van der Waals surface area contributed by atoms with Crippen LogP contribution in [-0.2, 0) is 4.74 Å². The number of methoxy groups -OCH3 is 1. The van der Waals surface area contributed by atoms with Crippen molar-refractivity contribution in [3.8, 4) is 0 Å². The smallest absolute Gasteiger partial charge is 0.174 e. The third-order valence-electron chi connectivity index (χ3n) is 4.02. The number of thioether (sulfide) groups is 1. The molecule has 0 N–H and O–H groups in total. The van der Waals surface area contributed by atoms with Gasteiger partial charge in [-0.15, -0.1) is 11.8 Å². The van der Waals surface area contributed by atoms with E-state index in [1.807, 2.05) is 19.9 Å². The molecule has 0 aliphatic rings. The SMILES string of the molecule is COCC(C)n1c(C)cc(C(=O)CSc2ccc(C)cc2)c1C. The van der Waals surface area contributed by atoms with Crippen molar-refractivity contribution in [3.05, 3.63) is 52.8 Å². The van der Waals surface area contributed by atoms with E-state index in [0.717, 1.165) is 21.8 Å². The molecule has 0 bridgehead atoms. The van der Waals surface area contributed by atoms with Gasteiger partial charge in [0, 0.05) is 29.0 Å². The van der Waals surface area contributed by atoms with Crippen LogP contribution in [0.25, 0.3) is 0 Å². The summed E-state index contributed by atoms with van der Waals surface area (Å²) in [6, 6.07) is 10.5. The van der Waals surface area contributed by atoms with Gasteiger partial charge in [0.25, 0.3) is 0 Å². The second kappa shape index (κ2) is 7.84. The van der Waals surface area contributed by atoms with Crippen molar-refractivity contribution in [2.24, 2.45) is 0 Å². The molecule has 0 amide bonds. The molecule has 1 heterocycles. The standard InChI is InChI=1S/C19H25NO2S/c1-13-6-8-17(9-7-13)23-12-19(21)18-10-14(2)20(16(18)4)15(3)11-22-5/h6-10,15H,11-12H2,1-5H3. The van der Waals surface area contributed by atoms with E-state index in [0.29, 0.717) is 12.4 Å². The van der Waals surface area contributed by atoms with Crippen molar-refractivity contribution < 1.29 is 9.53 Å². The molecule has 0 saturated carbocycles. The Balaban J connectivity index is 2.10. The van der Waals surface area contributed by atoms with Crippen LogP contribution < -0.4 is 0 Å². The van der Waals surface area contributed by atoms with Crippen LogP contribution in [0, 0.1) is 20.8 Å². The molecule has 0 saturated heterocycles. The van der Waals surface area contributed by atoms with E-state index in [4.69, 9.17) is 4.74 Å². The Hall–Kier alpha value is -1.52. The Labute approximate surface area is 143 Å². The topological polar surface area (TPSA) is 31.2 Å². The monoisotopic (exact) mass is 331 g/mol. The van der Waals surface area contributed by atoms with E-state index in [1.165, 1.54) is 5.56 Å². The summed E-state index contributed by atoms with van der Waals surface area (Å²) in [4.78, 5) is 13.7. The maximum atomic E-state index is 12.6. The van der Waals surface area contributed by atoms with E-state index < -0.39 is 0 Å². The summed E-state index contributed by atoms with van der Waals surface area (Å²) in [6.07, 6.45) is 0. The van der Waals surface area contributed by atoms with Gasteiger partial charge in [0.15, 0.2) is 5.78 Å². The average molecular weight is 331 g/mol. The molecule has 1 unspecified atom stereocenters. The number of ether oxygens (including phenoxy) is 1. The lowest BCUT2D eigenvalue weighted by molar-refractivity contribution is 0.102. The second-order valence-corrected chi connectivity index (χ2v) is 7.03. The van der Waals surface area contributed by atoms with Crippen LogP contribution in [0.4, 0.5) is 0 Å².